The molecule has 1 aromatic rings. The summed E-state index contributed by atoms with van der Waals surface area (Å²) in [5, 5.41) is 4.49. The van der Waals surface area contributed by atoms with E-state index < -0.39 is 0 Å². The molecule has 1 atom stereocenters. The normalized spacial score (nSPS) is 19.6. The minimum atomic E-state index is 0.704. The molecule has 1 aromatic carbocycles. The number of nitrogens with one attached hydrogen (secondary N) is 1. The Labute approximate surface area is 97.8 Å². The lowest BCUT2D eigenvalue weighted by molar-refractivity contribution is 0.646. The average Bonchev–Trinajstić information content (AvgIpc) is 2.63. The van der Waals surface area contributed by atoms with E-state index in [1.165, 1.54) is 16.2 Å². The summed E-state index contributed by atoms with van der Waals surface area (Å²) in [4.78, 5) is 1.47. The summed E-state index contributed by atoms with van der Waals surface area (Å²) in [6, 6.07) is 8.75. The van der Waals surface area contributed by atoms with Crippen LogP contribution in [0.2, 0.25) is 0 Å². The van der Waals surface area contributed by atoms with E-state index in [4.69, 9.17) is 0 Å². The number of rotatable bonds is 4. The van der Waals surface area contributed by atoms with Gasteiger partial charge in [0.25, 0.3) is 0 Å². The van der Waals surface area contributed by atoms with Gasteiger partial charge in [-0.1, -0.05) is 34.1 Å². The minimum Gasteiger partial charge on any atom is -0.315 e. The van der Waals surface area contributed by atoms with Crippen molar-refractivity contribution in [2.45, 2.75) is 10.8 Å². The Morgan fingerprint density at radius 3 is 3.14 bits per heavy atom. The molecule has 0 saturated carbocycles. The molecule has 2 rings (SSSR count). The average molecular weight is 272 g/mol. The Hall–Kier alpha value is 0.0100. The van der Waals surface area contributed by atoms with Gasteiger partial charge in [-0.05, 0) is 11.6 Å². The van der Waals surface area contributed by atoms with E-state index in [-0.39, 0.29) is 0 Å². The van der Waals surface area contributed by atoms with Crippen molar-refractivity contribution >= 4 is 27.7 Å². The maximum absolute atomic E-state index is 3.46. The minimum absolute atomic E-state index is 0.704. The lowest BCUT2D eigenvalue weighted by atomic mass is 10.0. The monoisotopic (exact) mass is 271 g/mol. The predicted molar refractivity (Wildman–Crippen MR) is 66.6 cm³/mol. The molecule has 1 nitrogen and oxygen atoms in total. The van der Waals surface area contributed by atoms with Gasteiger partial charge in [-0.3, -0.25) is 0 Å². The van der Waals surface area contributed by atoms with Gasteiger partial charge in [0.2, 0.25) is 0 Å². The van der Waals surface area contributed by atoms with Gasteiger partial charge in [0, 0.05) is 35.0 Å². The Morgan fingerprint density at radius 1 is 1.43 bits per heavy atom. The maximum Gasteiger partial charge on any atom is 0.0157 e. The molecule has 14 heavy (non-hydrogen) atoms. The van der Waals surface area contributed by atoms with Gasteiger partial charge in [-0.15, -0.1) is 11.8 Å². The van der Waals surface area contributed by atoms with Gasteiger partial charge >= 0.3 is 0 Å². The number of hydrogen-bond donors (Lipinski definition) is 1. The third kappa shape index (κ3) is 2.33. The summed E-state index contributed by atoms with van der Waals surface area (Å²) in [5.74, 6) is 1.93. The first-order valence-electron chi connectivity index (χ1n) is 4.90. The van der Waals surface area contributed by atoms with Gasteiger partial charge in [0.1, 0.15) is 0 Å². The molecule has 0 radical (unpaired) electrons. The topological polar surface area (TPSA) is 12.0 Å². The fourth-order valence-electron chi connectivity index (χ4n) is 1.74. The molecule has 0 aromatic heterocycles. The number of hydrogen-bond acceptors (Lipinski definition) is 2. The van der Waals surface area contributed by atoms with E-state index in [1.807, 2.05) is 11.8 Å². The third-order valence-corrected chi connectivity index (χ3v) is 4.11. The van der Waals surface area contributed by atoms with Crippen molar-refractivity contribution in [3.05, 3.63) is 29.8 Å². The van der Waals surface area contributed by atoms with E-state index in [0.29, 0.717) is 5.92 Å². The van der Waals surface area contributed by atoms with Crippen molar-refractivity contribution in [2.75, 3.05) is 24.2 Å². The second kappa shape index (κ2) is 5.19. The highest BCUT2D eigenvalue weighted by molar-refractivity contribution is 9.09. The highest BCUT2D eigenvalue weighted by Gasteiger charge is 2.21. The molecule has 1 aliphatic rings. The molecule has 0 amide bonds. The van der Waals surface area contributed by atoms with Crippen LogP contribution in [0.3, 0.4) is 0 Å². The molecule has 0 spiro atoms. The van der Waals surface area contributed by atoms with E-state index >= 15 is 0 Å². The molecule has 1 N–H and O–H groups in total. The van der Waals surface area contributed by atoms with Crippen LogP contribution in [0.25, 0.3) is 0 Å². The van der Waals surface area contributed by atoms with E-state index in [1.54, 1.807) is 0 Å². The number of alkyl halides is 1. The van der Waals surface area contributed by atoms with E-state index in [9.17, 15) is 0 Å². The van der Waals surface area contributed by atoms with Crippen LogP contribution < -0.4 is 5.32 Å². The van der Waals surface area contributed by atoms with Crippen LogP contribution in [-0.2, 0) is 0 Å². The Morgan fingerprint density at radius 2 is 2.29 bits per heavy atom. The fraction of sp³-hybridized carbons (Fsp3) is 0.455. The Balaban J connectivity index is 1.96. The first kappa shape index (κ1) is 10.5. The molecular formula is C11H14BrNS. The lowest BCUT2D eigenvalue weighted by Crippen LogP contribution is -2.23. The van der Waals surface area contributed by atoms with Crippen LogP contribution in [0.15, 0.2) is 29.2 Å². The van der Waals surface area contributed by atoms with Crippen LogP contribution in [0, 0.1) is 0 Å². The Bertz CT molecular complexity index is 303. The fourth-order valence-corrected chi connectivity index (χ4v) is 3.28. The molecule has 0 bridgehead atoms. The van der Waals surface area contributed by atoms with Crippen LogP contribution in [-0.4, -0.2) is 24.2 Å². The third-order valence-electron chi connectivity index (χ3n) is 2.46. The first-order valence-corrected chi connectivity index (χ1v) is 7.01. The smallest absolute Gasteiger partial charge is 0.0157 e. The molecule has 76 valence electrons. The zero-order chi connectivity index (χ0) is 9.80. The summed E-state index contributed by atoms with van der Waals surface area (Å²) in [6.07, 6.45) is 0. The second-order valence-corrected chi connectivity index (χ2v) is 5.29. The highest BCUT2D eigenvalue weighted by atomic mass is 79.9. The second-order valence-electron chi connectivity index (χ2n) is 3.44. The summed E-state index contributed by atoms with van der Waals surface area (Å²) in [6.45, 7) is 2.17. The van der Waals surface area contributed by atoms with Crippen molar-refractivity contribution in [2.24, 2.45) is 0 Å². The number of benzene rings is 1. The zero-order valence-electron chi connectivity index (χ0n) is 8.00. The number of thioether (sulfide) groups is 1. The largest absolute Gasteiger partial charge is 0.315 e. The quantitative estimate of drug-likeness (QED) is 0.668. The van der Waals surface area contributed by atoms with Gasteiger partial charge in [0.05, 0.1) is 0 Å². The summed E-state index contributed by atoms with van der Waals surface area (Å²) in [7, 11) is 0. The summed E-state index contributed by atoms with van der Waals surface area (Å²) >= 11 is 5.41. The van der Waals surface area contributed by atoms with Crippen molar-refractivity contribution in [3.63, 3.8) is 0 Å². The first-order chi connectivity index (χ1) is 6.92. The van der Waals surface area contributed by atoms with Crippen LogP contribution in [0.1, 0.15) is 11.5 Å². The molecule has 0 fully saturated rings. The maximum atomic E-state index is 3.46. The van der Waals surface area contributed by atoms with Crippen molar-refractivity contribution in [1.82, 2.24) is 5.32 Å². The summed E-state index contributed by atoms with van der Waals surface area (Å²) in [5.41, 5.74) is 1.53. The summed E-state index contributed by atoms with van der Waals surface area (Å²) < 4.78 is 0. The predicted octanol–water partition coefficient (Wildman–Crippen LogP) is 2.86. The van der Waals surface area contributed by atoms with Crippen LogP contribution in [0.4, 0.5) is 0 Å². The SMILES string of the molecule is BrCCNCC1CSc2ccccc21. The van der Waals surface area contributed by atoms with Crippen LogP contribution in [0.5, 0.6) is 0 Å². The lowest BCUT2D eigenvalue weighted by Gasteiger charge is -2.10. The van der Waals surface area contributed by atoms with Crippen LogP contribution >= 0.6 is 27.7 Å². The molecular weight excluding hydrogens is 258 g/mol. The van der Waals surface area contributed by atoms with Gasteiger partial charge in [0.15, 0.2) is 0 Å². The molecule has 3 heteroatoms. The molecule has 0 aliphatic carbocycles. The number of fused-ring (bicyclic) bond motifs is 1. The van der Waals surface area contributed by atoms with Crippen molar-refractivity contribution in [1.29, 1.82) is 0 Å². The standard InChI is InChI=1S/C11H14BrNS/c12-5-6-13-7-9-8-14-11-4-2-1-3-10(9)11/h1-4,9,13H,5-8H2. The zero-order valence-corrected chi connectivity index (χ0v) is 10.4. The van der Waals surface area contributed by atoms with E-state index in [0.717, 1.165) is 18.4 Å². The highest BCUT2D eigenvalue weighted by Crippen LogP contribution is 2.38. The molecule has 1 aliphatic heterocycles. The van der Waals surface area contributed by atoms with Gasteiger partial charge in [-0.25, -0.2) is 0 Å². The van der Waals surface area contributed by atoms with Crippen molar-refractivity contribution < 1.29 is 0 Å². The van der Waals surface area contributed by atoms with Gasteiger partial charge in [-0.2, -0.15) is 0 Å². The van der Waals surface area contributed by atoms with E-state index in [2.05, 4.69) is 45.5 Å². The molecule has 1 unspecified atom stereocenters. The molecule has 1 heterocycles. The molecule has 0 saturated heterocycles. The van der Waals surface area contributed by atoms with Gasteiger partial charge < -0.3 is 5.32 Å². The van der Waals surface area contributed by atoms with Crippen molar-refractivity contribution in [3.8, 4) is 0 Å². The Kier molecular flexibility index (Phi) is 3.90. The number of halogens is 1.